The second kappa shape index (κ2) is 11.5. The van der Waals surface area contributed by atoms with E-state index in [1.807, 2.05) is 0 Å². The number of anilines is 2. The van der Waals surface area contributed by atoms with Crippen LogP contribution in [-0.4, -0.2) is 40.4 Å². The van der Waals surface area contributed by atoms with Crippen molar-refractivity contribution < 1.29 is 9.47 Å². The van der Waals surface area contributed by atoms with E-state index in [1.165, 1.54) is 39.2 Å². The zero-order valence-electron chi connectivity index (χ0n) is 23.1. The van der Waals surface area contributed by atoms with Crippen molar-refractivity contribution in [2.75, 3.05) is 50.2 Å². The molecule has 0 unspecified atom stereocenters. The molecule has 0 aliphatic carbocycles. The molecule has 0 heterocycles. The molecule has 0 bridgehead atoms. The lowest BCUT2D eigenvalue weighted by Gasteiger charge is -2.25. The number of hydrogen-bond acceptors (Lipinski definition) is 4. The Kier molecular flexibility index (Phi) is 8.71. The van der Waals surface area contributed by atoms with Crippen LogP contribution < -0.4 is 19.3 Å². The predicted molar refractivity (Wildman–Crippen MR) is 152 cm³/mol. The van der Waals surface area contributed by atoms with E-state index >= 15 is 0 Å². The third-order valence-corrected chi connectivity index (χ3v) is 7.08. The van der Waals surface area contributed by atoms with E-state index in [4.69, 9.17) is 9.47 Å². The van der Waals surface area contributed by atoms with E-state index in [2.05, 4.69) is 101 Å². The highest BCUT2D eigenvalue weighted by Gasteiger charge is 2.23. The summed E-state index contributed by atoms with van der Waals surface area (Å²) in [5.41, 5.74) is 10.6. The minimum Gasteiger partial charge on any atom is -0.492 e. The van der Waals surface area contributed by atoms with E-state index in [9.17, 15) is 0 Å². The zero-order chi connectivity index (χ0) is 25.7. The van der Waals surface area contributed by atoms with E-state index in [1.54, 1.807) is 14.2 Å². The average molecular weight is 475 g/mol. The van der Waals surface area contributed by atoms with Gasteiger partial charge < -0.3 is 19.3 Å². The SMILES string of the molecule is CCN(CC)c1ccc(-c2cc(C)c(-c3ccc(N(CC)CC)cc3C)c(OC)c2OC)c(C)c1. The maximum Gasteiger partial charge on any atom is 0.169 e. The van der Waals surface area contributed by atoms with Crippen LogP contribution in [0.5, 0.6) is 11.5 Å². The van der Waals surface area contributed by atoms with E-state index in [-0.39, 0.29) is 0 Å². The molecular formula is C31H42N2O2. The van der Waals surface area contributed by atoms with Crippen molar-refractivity contribution in [1.29, 1.82) is 0 Å². The number of rotatable bonds is 10. The summed E-state index contributed by atoms with van der Waals surface area (Å²) >= 11 is 0. The molecule has 4 heteroatoms. The van der Waals surface area contributed by atoms with Gasteiger partial charge in [-0.25, -0.2) is 0 Å². The van der Waals surface area contributed by atoms with Gasteiger partial charge in [0, 0.05) is 48.7 Å². The number of aryl methyl sites for hydroxylation is 3. The van der Waals surface area contributed by atoms with Crippen LogP contribution in [0.25, 0.3) is 22.3 Å². The summed E-state index contributed by atoms with van der Waals surface area (Å²) in [6, 6.07) is 15.6. The number of hydrogen-bond donors (Lipinski definition) is 0. The Hall–Kier alpha value is -3.14. The maximum absolute atomic E-state index is 6.03. The van der Waals surface area contributed by atoms with Gasteiger partial charge in [0.15, 0.2) is 11.5 Å². The Labute approximate surface area is 212 Å². The molecule has 4 nitrogen and oxygen atoms in total. The monoisotopic (exact) mass is 474 g/mol. The Morgan fingerprint density at radius 1 is 0.543 bits per heavy atom. The lowest BCUT2D eigenvalue weighted by molar-refractivity contribution is 0.357. The Morgan fingerprint density at radius 2 is 1.00 bits per heavy atom. The third-order valence-electron chi connectivity index (χ3n) is 7.08. The normalized spacial score (nSPS) is 10.9. The zero-order valence-corrected chi connectivity index (χ0v) is 23.1. The molecule has 0 saturated carbocycles. The first-order chi connectivity index (χ1) is 16.8. The van der Waals surface area contributed by atoms with Crippen LogP contribution in [0, 0.1) is 20.8 Å². The first-order valence-corrected chi connectivity index (χ1v) is 12.8. The smallest absolute Gasteiger partial charge is 0.169 e. The fraction of sp³-hybridized carbons (Fsp3) is 0.419. The van der Waals surface area contributed by atoms with Crippen molar-refractivity contribution in [2.24, 2.45) is 0 Å². The fourth-order valence-electron chi connectivity index (χ4n) is 5.15. The van der Waals surface area contributed by atoms with Crippen molar-refractivity contribution in [2.45, 2.75) is 48.5 Å². The van der Waals surface area contributed by atoms with Crippen molar-refractivity contribution in [3.63, 3.8) is 0 Å². The van der Waals surface area contributed by atoms with Crippen molar-refractivity contribution in [3.8, 4) is 33.8 Å². The molecule has 0 aromatic heterocycles. The molecule has 0 atom stereocenters. The van der Waals surface area contributed by atoms with Crippen molar-refractivity contribution >= 4 is 11.4 Å². The summed E-state index contributed by atoms with van der Waals surface area (Å²) in [4.78, 5) is 4.74. The van der Waals surface area contributed by atoms with Gasteiger partial charge in [0.1, 0.15) is 0 Å². The molecule has 0 radical (unpaired) electrons. The Morgan fingerprint density at radius 3 is 1.40 bits per heavy atom. The topological polar surface area (TPSA) is 24.9 Å². The predicted octanol–water partition coefficient (Wildman–Crippen LogP) is 7.66. The summed E-state index contributed by atoms with van der Waals surface area (Å²) in [6.07, 6.45) is 0. The average Bonchev–Trinajstić information content (AvgIpc) is 2.85. The number of nitrogens with zero attached hydrogens (tertiary/aromatic N) is 2. The molecule has 188 valence electrons. The standard InChI is InChI=1S/C31H42N2O2/c1-10-32(11-2)24-14-16-26(21(5)18-24)28-20-23(7)29(31(35-9)30(28)34-8)27-17-15-25(19-22(27)6)33(12-3)13-4/h14-20H,10-13H2,1-9H3. The third kappa shape index (κ3) is 5.12. The summed E-state index contributed by atoms with van der Waals surface area (Å²) in [6.45, 7) is 19.3. The largest absolute Gasteiger partial charge is 0.492 e. The van der Waals surface area contributed by atoms with Crippen molar-refractivity contribution in [3.05, 3.63) is 59.2 Å². The van der Waals surface area contributed by atoms with Gasteiger partial charge in [-0.2, -0.15) is 0 Å². The Balaban J connectivity index is 2.18. The van der Waals surface area contributed by atoms with Gasteiger partial charge in [-0.15, -0.1) is 0 Å². The molecule has 0 aliphatic heterocycles. The van der Waals surface area contributed by atoms with Crippen LogP contribution in [0.2, 0.25) is 0 Å². The molecule has 0 N–H and O–H groups in total. The quantitative estimate of drug-likeness (QED) is 0.301. The molecule has 3 aromatic carbocycles. The van der Waals surface area contributed by atoms with E-state index in [0.717, 1.165) is 48.8 Å². The molecule has 0 aliphatic rings. The van der Waals surface area contributed by atoms with Gasteiger partial charge in [0.25, 0.3) is 0 Å². The molecular weight excluding hydrogens is 432 g/mol. The van der Waals surface area contributed by atoms with Crippen LogP contribution in [-0.2, 0) is 0 Å². The van der Waals surface area contributed by atoms with E-state index < -0.39 is 0 Å². The first-order valence-electron chi connectivity index (χ1n) is 12.8. The van der Waals surface area contributed by atoms with Crippen LogP contribution in [0.4, 0.5) is 11.4 Å². The molecule has 0 spiro atoms. The first kappa shape index (κ1) is 26.5. The van der Waals surface area contributed by atoms with Crippen LogP contribution in [0.1, 0.15) is 44.4 Å². The van der Waals surface area contributed by atoms with Crippen LogP contribution in [0.15, 0.2) is 42.5 Å². The molecule has 35 heavy (non-hydrogen) atoms. The highest BCUT2D eigenvalue weighted by Crippen LogP contribution is 2.48. The summed E-state index contributed by atoms with van der Waals surface area (Å²) in [5, 5.41) is 0. The lowest BCUT2D eigenvalue weighted by atomic mass is 9.90. The summed E-state index contributed by atoms with van der Waals surface area (Å²) in [5.74, 6) is 1.56. The van der Waals surface area contributed by atoms with Gasteiger partial charge >= 0.3 is 0 Å². The molecule has 0 fully saturated rings. The van der Waals surface area contributed by atoms with Gasteiger partial charge in [0.2, 0.25) is 0 Å². The maximum atomic E-state index is 6.03. The second-order valence-electron chi connectivity index (χ2n) is 9.03. The second-order valence-corrected chi connectivity index (χ2v) is 9.03. The number of ether oxygens (including phenoxy) is 2. The van der Waals surface area contributed by atoms with Crippen LogP contribution in [0.3, 0.4) is 0 Å². The van der Waals surface area contributed by atoms with E-state index in [0.29, 0.717) is 0 Å². The minimum absolute atomic E-state index is 0.777. The van der Waals surface area contributed by atoms with Crippen LogP contribution >= 0.6 is 0 Å². The lowest BCUT2D eigenvalue weighted by Crippen LogP contribution is -2.21. The molecule has 3 rings (SSSR count). The molecule has 0 amide bonds. The van der Waals surface area contributed by atoms with Gasteiger partial charge in [0.05, 0.1) is 14.2 Å². The number of benzene rings is 3. The molecule has 3 aromatic rings. The Bertz CT molecular complexity index is 1160. The summed E-state index contributed by atoms with van der Waals surface area (Å²) < 4.78 is 12.0. The highest BCUT2D eigenvalue weighted by atomic mass is 16.5. The van der Waals surface area contributed by atoms with Gasteiger partial charge in [-0.3, -0.25) is 0 Å². The van der Waals surface area contributed by atoms with Crippen molar-refractivity contribution in [1.82, 2.24) is 0 Å². The van der Waals surface area contributed by atoms with Gasteiger partial charge in [-0.1, -0.05) is 12.1 Å². The highest BCUT2D eigenvalue weighted by molar-refractivity contribution is 5.88. The fourth-order valence-corrected chi connectivity index (χ4v) is 5.15. The minimum atomic E-state index is 0.777. The van der Waals surface area contributed by atoms with Gasteiger partial charge in [-0.05, 0) is 107 Å². The molecule has 0 saturated heterocycles. The number of methoxy groups -OCH3 is 2. The summed E-state index contributed by atoms with van der Waals surface area (Å²) in [7, 11) is 3.47.